The molecular formula is C15H29NO3S. The molecule has 0 bridgehead atoms. The van der Waals surface area contributed by atoms with Crippen LogP contribution in [0.25, 0.3) is 0 Å². The summed E-state index contributed by atoms with van der Waals surface area (Å²) in [5.41, 5.74) is 0. The summed E-state index contributed by atoms with van der Waals surface area (Å²) >= 11 is -1.03. The third-order valence-electron chi connectivity index (χ3n) is 3.95. The monoisotopic (exact) mass is 303 g/mol. The van der Waals surface area contributed by atoms with Crippen LogP contribution in [0.15, 0.2) is 0 Å². The van der Waals surface area contributed by atoms with Crippen LogP contribution in [0.2, 0.25) is 0 Å². The zero-order valence-corrected chi connectivity index (χ0v) is 14.2. The second-order valence-corrected chi connectivity index (χ2v) is 8.65. The van der Waals surface area contributed by atoms with Crippen molar-refractivity contribution in [3.8, 4) is 0 Å². The predicted molar refractivity (Wildman–Crippen MR) is 82.6 cm³/mol. The van der Waals surface area contributed by atoms with Crippen molar-refractivity contribution in [1.29, 1.82) is 0 Å². The van der Waals surface area contributed by atoms with Gasteiger partial charge in [0.05, 0.1) is 18.6 Å². The molecule has 4 nitrogen and oxygen atoms in total. The molecule has 5 heteroatoms. The van der Waals surface area contributed by atoms with E-state index in [2.05, 4.69) is 11.6 Å². The average Bonchev–Trinajstić information content (AvgIpc) is 2.38. The molecule has 20 heavy (non-hydrogen) atoms. The Hall–Kier alpha value is -0.260. The van der Waals surface area contributed by atoms with E-state index in [0.29, 0.717) is 12.5 Å². The Morgan fingerprint density at radius 3 is 2.35 bits per heavy atom. The fourth-order valence-corrected chi connectivity index (χ4v) is 3.44. The highest BCUT2D eigenvalue weighted by atomic mass is 32.2. The van der Waals surface area contributed by atoms with Crippen molar-refractivity contribution in [3.63, 3.8) is 0 Å². The molecule has 0 aromatic rings. The minimum Gasteiger partial charge on any atom is -0.598 e. The summed E-state index contributed by atoms with van der Waals surface area (Å²) in [5.74, 6) is 0.503. The highest BCUT2D eigenvalue weighted by molar-refractivity contribution is 7.90. The molecule has 0 aliphatic heterocycles. The number of esters is 1. The summed E-state index contributed by atoms with van der Waals surface area (Å²) < 4.78 is 20.2. The van der Waals surface area contributed by atoms with E-state index in [9.17, 15) is 9.35 Å². The van der Waals surface area contributed by atoms with Crippen molar-refractivity contribution in [2.45, 2.75) is 71.1 Å². The van der Waals surface area contributed by atoms with Gasteiger partial charge in [0.1, 0.15) is 4.75 Å². The maximum atomic E-state index is 12.1. The zero-order chi connectivity index (χ0) is 15.3. The first-order chi connectivity index (χ1) is 9.25. The van der Waals surface area contributed by atoms with Gasteiger partial charge in [0.15, 0.2) is 0 Å². The Morgan fingerprint density at radius 1 is 1.35 bits per heavy atom. The molecule has 1 fully saturated rings. The van der Waals surface area contributed by atoms with Crippen LogP contribution in [0, 0.1) is 11.8 Å². The van der Waals surface area contributed by atoms with Gasteiger partial charge in [-0.25, -0.2) is 0 Å². The molecule has 1 N–H and O–H groups in total. The Balaban J connectivity index is 2.39. The van der Waals surface area contributed by atoms with Crippen LogP contribution < -0.4 is 4.72 Å². The highest BCUT2D eigenvalue weighted by Gasteiger charge is 2.34. The molecule has 1 rings (SSSR count). The fraction of sp³-hybridized carbons (Fsp3) is 0.933. The maximum absolute atomic E-state index is 12.1. The molecule has 0 saturated heterocycles. The molecule has 1 aliphatic carbocycles. The number of carbonyl (C=O) groups excluding carboxylic acids is 1. The molecule has 118 valence electrons. The van der Waals surface area contributed by atoms with Crippen LogP contribution in [0.4, 0.5) is 0 Å². The highest BCUT2D eigenvalue weighted by Crippen LogP contribution is 2.32. The number of hydrogen-bond donors (Lipinski definition) is 1. The summed E-state index contributed by atoms with van der Waals surface area (Å²) in [6.07, 6.45) is 3.77. The lowest BCUT2D eigenvalue weighted by atomic mass is 9.79. The smallest absolute Gasteiger partial charge is 0.308 e. The Morgan fingerprint density at radius 2 is 1.90 bits per heavy atom. The minimum atomic E-state index is -1.03. The van der Waals surface area contributed by atoms with Gasteiger partial charge in [-0.15, -0.1) is 4.72 Å². The second-order valence-electron chi connectivity index (χ2n) is 6.65. The van der Waals surface area contributed by atoms with Crippen LogP contribution in [-0.2, 0) is 20.9 Å². The first kappa shape index (κ1) is 17.8. The fourth-order valence-electron chi connectivity index (χ4n) is 2.56. The summed E-state index contributed by atoms with van der Waals surface area (Å²) in [6, 6.07) is 0.221. The van der Waals surface area contributed by atoms with E-state index >= 15 is 0 Å². The number of rotatable bonds is 5. The van der Waals surface area contributed by atoms with E-state index in [0.717, 1.165) is 25.7 Å². The predicted octanol–water partition coefficient (Wildman–Crippen LogP) is 2.80. The van der Waals surface area contributed by atoms with Gasteiger partial charge in [-0.1, -0.05) is 0 Å². The molecule has 1 saturated carbocycles. The molecule has 2 atom stereocenters. The van der Waals surface area contributed by atoms with Gasteiger partial charge < -0.3 is 9.29 Å². The molecular weight excluding hydrogens is 274 g/mol. The summed E-state index contributed by atoms with van der Waals surface area (Å²) in [7, 11) is 0. The molecule has 0 radical (unpaired) electrons. The van der Waals surface area contributed by atoms with Crippen LogP contribution in [0.3, 0.4) is 0 Å². The van der Waals surface area contributed by atoms with Crippen LogP contribution in [-0.4, -0.2) is 27.9 Å². The number of ether oxygens (including phenoxy) is 1. The Bertz CT molecular complexity index is 309. The van der Waals surface area contributed by atoms with Gasteiger partial charge in [-0.3, -0.25) is 4.79 Å². The lowest BCUT2D eigenvalue weighted by molar-refractivity contribution is -0.149. The number of nitrogens with one attached hydrogen (secondary N) is 1. The Labute approximate surface area is 126 Å². The number of hydrogen-bond acceptors (Lipinski definition) is 4. The van der Waals surface area contributed by atoms with E-state index < -0.39 is 11.4 Å². The topological polar surface area (TPSA) is 61.4 Å². The van der Waals surface area contributed by atoms with E-state index in [-0.39, 0.29) is 22.7 Å². The molecule has 0 aromatic heterocycles. The van der Waals surface area contributed by atoms with Crippen molar-refractivity contribution in [2.24, 2.45) is 11.8 Å². The van der Waals surface area contributed by atoms with Gasteiger partial charge in [-0.05, 0) is 66.2 Å². The first-order valence-corrected chi connectivity index (χ1v) is 8.75. The van der Waals surface area contributed by atoms with Crippen molar-refractivity contribution in [3.05, 3.63) is 0 Å². The van der Waals surface area contributed by atoms with Crippen LogP contribution in [0.5, 0.6) is 0 Å². The van der Waals surface area contributed by atoms with Crippen molar-refractivity contribution in [2.75, 3.05) is 6.61 Å². The quantitative estimate of drug-likeness (QED) is 0.626. The molecule has 1 unspecified atom stereocenters. The Kier molecular flexibility index (Phi) is 6.82. The summed E-state index contributed by atoms with van der Waals surface area (Å²) in [5, 5.41) is 0. The molecule has 0 heterocycles. The second kappa shape index (κ2) is 7.66. The standard InChI is InChI=1S/C15H29NO3S/c1-6-19-14(17)13-9-7-12(8-10-13)11(2)16-20(18)15(3,4)5/h11-13,16H,6-10H2,1-5H3/t11-,12?,13?,20?/m1/s1. The molecule has 1 aliphatic rings. The van der Waals surface area contributed by atoms with E-state index in [1.807, 2.05) is 27.7 Å². The zero-order valence-electron chi connectivity index (χ0n) is 13.4. The summed E-state index contributed by atoms with van der Waals surface area (Å²) in [6.45, 7) is 10.3. The molecule has 0 amide bonds. The van der Waals surface area contributed by atoms with E-state index in [1.165, 1.54) is 0 Å². The van der Waals surface area contributed by atoms with Crippen LogP contribution >= 0.6 is 0 Å². The maximum Gasteiger partial charge on any atom is 0.308 e. The van der Waals surface area contributed by atoms with Crippen molar-refractivity contribution < 1.29 is 14.1 Å². The van der Waals surface area contributed by atoms with Gasteiger partial charge >= 0.3 is 5.97 Å². The minimum absolute atomic E-state index is 0.0511. The normalized spacial score (nSPS) is 26.9. The van der Waals surface area contributed by atoms with Gasteiger partial charge in [0, 0.05) is 11.4 Å². The lowest BCUT2D eigenvalue weighted by Crippen LogP contribution is -2.47. The van der Waals surface area contributed by atoms with E-state index in [4.69, 9.17) is 4.74 Å². The SMILES string of the molecule is CCOC(=O)C1CCC([C@@H](C)N[S+]([O-])C(C)(C)C)CC1. The third kappa shape index (κ3) is 5.26. The lowest BCUT2D eigenvalue weighted by Gasteiger charge is -2.33. The average molecular weight is 303 g/mol. The summed E-state index contributed by atoms with van der Waals surface area (Å²) in [4.78, 5) is 11.7. The van der Waals surface area contributed by atoms with Gasteiger partial charge in [-0.2, -0.15) is 0 Å². The van der Waals surface area contributed by atoms with Gasteiger partial charge in [0.2, 0.25) is 0 Å². The number of carbonyl (C=O) groups is 1. The third-order valence-corrected chi connectivity index (χ3v) is 5.65. The van der Waals surface area contributed by atoms with Crippen molar-refractivity contribution in [1.82, 2.24) is 4.72 Å². The van der Waals surface area contributed by atoms with E-state index in [1.54, 1.807) is 0 Å². The van der Waals surface area contributed by atoms with Crippen LogP contribution in [0.1, 0.15) is 60.3 Å². The molecule has 0 aromatic carbocycles. The largest absolute Gasteiger partial charge is 0.598 e. The van der Waals surface area contributed by atoms with Crippen molar-refractivity contribution >= 4 is 17.3 Å². The van der Waals surface area contributed by atoms with Gasteiger partial charge in [0.25, 0.3) is 0 Å². The first-order valence-electron chi connectivity index (χ1n) is 7.60. The molecule has 0 spiro atoms.